The van der Waals surface area contributed by atoms with Crippen LogP contribution in [0.25, 0.3) is 0 Å². The van der Waals surface area contributed by atoms with E-state index in [4.69, 9.17) is 11.6 Å². The summed E-state index contributed by atoms with van der Waals surface area (Å²) < 4.78 is 2.01. The van der Waals surface area contributed by atoms with Crippen molar-refractivity contribution < 1.29 is 0 Å². The smallest absolute Gasteiger partial charge is 0.150 e. The molecular weight excluding hydrogens is 174 g/mol. The summed E-state index contributed by atoms with van der Waals surface area (Å²) in [7, 11) is 1.99. The molecule has 0 bridgehead atoms. The number of nitrogens with zero attached hydrogens (tertiary/aromatic N) is 2. The van der Waals surface area contributed by atoms with Gasteiger partial charge in [-0.1, -0.05) is 11.6 Å². The molecule has 1 atom stereocenters. The molecule has 12 heavy (non-hydrogen) atoms. The van der Waals surface area contributed by atoms with Gasteiger partial charge < -0.3 is 9.88 Å². The Morgan fingerprint density at radius 3 is 3.08 bits per heavy atom. The van der Waals surface area contributed by atoms with E-state index < -0.39 is 0 Å². The maximum atomic E-state index is 5.97. The molecule has 1 unspecified atom stereocenters. The first kappa shape index (κ1) is 8.08. The zero-order chi connectivity index (χ0) is 8.55. The maximum absolute atomic E-state index is 5.97. The van der Waals surface area contributed by atoms with Crippen LogP contribution in [-0.2, 0) is 7.05 Å². The molecule has 3 nitrogen and oxygen atoms in total. The van der Waals surface area contributed by atoms with E-state index in [-0.39, 0.29) is 0 Å². The molecule has 1 aliphatic rings. The van der Waals surface area contributed by atoms with Crippen molar-refractivity contribution in [1.29, 1.82) is 0 Å². The molecule has 0 saturated carbocycles. The number of halogens is 1. The van der Waals surface area contributed by atoms with Gasteiger partial charge in [-0.05, 0) is 13.0 Å². The van der Waals surface area contributed by atoms with Crippen molar-refractivity contribution in [2.75, 3.05) is 13.1 Å². The topological polar surface area (TPSA) is 29.9 Å². The Kier molecular flexibility index (Phi) is 2.07. The van der Waals surface area contributed by atoms with Crippen molar-refractivity contribution >= 4 is 11.6 Å². The SMILES string of the molecule is Cn1cnc(Cl)c1C1CCNC1. The van der Waals surface area contributed by atoms with Gasteiger partial charge in [0, 0.05) is 19.5 Å². The Labute approximate surface area is 76.7 Å². The fourth-order valence-corrected chi connectivity index (χ4v) is 2.09. The molecule has 0 radical (unpaired) electrons. The Morgan fingerprint density at radius 2 is 2.58 bits per heavy atom. The fourth-order valence-electron chi connectivity index (χ4n) is 1.76. The molecule has 0 aromatic carbocycles. The lowest BCUT2D eigenvalue weighted by molar-refractivity contribution is 0.685. The van der Waals surface area contributed by atoms with Crippen molar-refractivity contribution in [2.45, 2.75) is 12.3 Å². The van der Waals surface area contributed by atoms with Gasteiger partial charge in [-0.3, -0.25) is 0 Å². The van der Waals surface area contributed by atoms with E-state index in [1.807, 2.05) is 11.6 Å². The van der Waals surface area contributed by atoms with Crippen LogP contribution in [0.15, 0.2) is 6.33 Å². The van der Waals surface area contributed by atoms with Crippen molar-refractivity contribution in [3.05, 3.63) is 17.2 Å². The monoisotopic (exact) mass is 185 g/mol. The van der Waals surface area contributed by atoms with E-state index in [1.165, 1.54) is 12.1 Å². The standard InChI is InChI=1S/C8H12ClN3/c1-12-5-11-8(9)7(12)6-2-3-10-4-6/h5-6,10H,2-4H2,1H3. The van der Waals surface area contributed by atoms with Gasteiger partial charge in [0.25, 0.3) is 0 Å². The molecule has 0 spiro atoms. The molecule has 1 aromatic rings. The van der Waals surface area contributed by atoms with Crippen molar-refractivity contribution in [3.8, 4) is 0 Å². The zero-order valence-corrected chi connectivity index (χ0v) is 7.80. The third kappa shape index (κ3) is 1.23. The van der Waals surface area contributed by atoms with E-state index >= 15 is 0 Å². The summed E-state index contributed by atoms with van der Waals surface area (Å²) in [6, 6.07) is 0. The minimum atomic E-state index is 0.546. The van der Waals surface area contributed by atoms with Crippen LogP contribution in [-0.4, -0.2) is 22.6 Å². The molecule has 2 heterocycles. The van der Waals surface area contributed by atoms with E-state index in [2.05, 4.69) is 10.3 Å². The molecule has 1 aromatic heterocycles. The first-order valence-corrected chi connectivity index (χ1v) is 4.54. The Morgan fingerprint density at radius 1 is 1.75 bits per heavy atom. The molecule has 1 saturated heterocycles. The molecule has 0 amide bonds. The van der Waals surface area contributed by atoms with Crippen LogP contribution < -0.4 is 5.32 Å². The van der Waals surface area contributed by atoms with Crippen molar-refractivity contribution in [1.82, 2.24) is 14.9 Å². The van der Waals surface area contributed by atoms with Crippen LogP contribution in [0, 0.1) is 0 Å². The highest BCUT2D eigenvalue weighted by Gasteiger charge is 2.22. The minimum Gasteiger partial charge on any atom is -0.336 e. The second-order valence-electron chi connectivity index (χ2n) is 3.22. The van der Waals surface area contributed by atoms with Crippen LogP contribution in [0.5, 0.6) is 0 Å². The van der Waals surface area contributed by atoms with E-state index in [0.717, 1.165) is 13.1 Å². The Hall–Kier alpha value is -0.540. The van der Waals surface area contributed by atoms with Crippen molar-refractivity contribution in [2.24, 2.45) is 7.05 Å². The van der Waals surface area contributed by atoms with Crippen LogP contribution in [0.4, 0.5) is 0 Å². The summed E-state index contributed by atoms with van der Waals surface area (Å²) >= 11 is 5.97. The predicted octanol–water partition coefficient (Wildman–Crippen LogP) is 1.15. The largest absolute Gasteiger partial charge is 0.336 e. The van der Waals surface area contributed by atoms with E-state index in [9.17, 15) is 0 Å². The zero-order valence-electron chi connectivity index (χ0n) is 7.05. The van der Waals surface area contributed by atoms with Gasteiger partial charge in [0.1, 0.15) is 0 Å². The average Bonchev–Trinajstić information content (AvgIpc) is 2.61. The maximum Gasteiger partial charge on any atom is 0.150 e. The van der Waals surface area contributed by atoms with Gasteiger partial charge in [0.15, 0.2) is 5.15 Å². The number of hydrogen-bond acceptors (Lipinski definition) is 2. The summed E-state index contributed by atoms with van der Waals surface area (Å²) in [4.78, 5) is 4.06. The number of hydrogen-bond donors (Lipinski definition) is 1. The first-order valence-electron chi connectivity index (χ1n) is 4.16. The number of rotatable bonds is 1. The third-order valence-corrected chi connectivity index (χ3v) is 2.67. The van der Waals surface area contributed by atoms with Crippen molar-refractivity contribution in [3.63, 3.8) is 0 Å². The normalized spacial score (nSPS) is 23.3. The second kappa shape index (κ2) is 3.07. The summed E-state index contributed by atoms with van der Waals surface area (Å²) in [6.07, 6.45) is 2.94. The number of aryl methyl sites for hydroxylation is 1. The molecule has 1 aliphatic heterocycles. The minimum absolute atomic E-state index is 0.546. The van der Waals surface area contributed by atoms with E-state index in [0.29, 0.717) is 11.1 Å². The van der Waals surface area contributed by atoms with Gasteiger partial charge in [0.2, 0.25) is 0 Å². The second-order valence-corrected chi connectivity index (χ2v) is 3.58. The van der Waals surface area contributed by atoms with Gasteiger partial charge in [-0.2, -0.15) is 0 Å². The van der Waals surface area contributed by atoms with Gasteiger partial charge >= 0.3 is 0 Å². The Balaban J connectivity index is 2.30. The molecule has 0 aliphatic carbocycles. The summed E-state index contributed by atoms with van der Waals surface area (Å²) in [5.41, 5.74) is 1.17. The lowest BCUT2D eigenvalue weighted by atomic mass is 10.1. The lowest BCUT2D eigenvalue weighted by Crippen LogP contribution is -2.10. The predicted molar refractivity (Wildman–Crippen MR) is 48.4 cm³/mol. The molecule has 2 rings (SSSR count). The highest BCUT2D eigenvalue weighted by Crippen LogP contribution is 2.27. The Bertz CT molecular complexity index is 256. The molecule has 4 heteroatoms. The molecule has 1 N–H and O–H groups in total. The highest BCUT2D eigenvalue weighted by molar-refractivity contribution is 6.30. The summed E-state index contributed by atoms with van der Waals surface area (Å²) in [5, 5.41) is 3.97. The van der Waals surface area contributed by atoms with Crippen LogP contribution in [0.3, 0.4) is 0 Å². The third-order valence-electron chi connectivity index (χ3n) is 2.38. The summed E-state index contributed by atoms with van der Waals surface area (Å²) in [6.45, 7) is 2.12. The molecular formula is C8H12ClN3. The number of aromatic nitrogens is 2. The van der Waals surface area contributed by atoms with Gasteiger partial charge in [-0.15, -0.1) is 0 Å². The molecule has 1 fully saturated rings. The number of imidazole rings is 1. The first-order chi connectivity index (χ1) is 5.79. The highest BCUT2D eigenvalue weighted by atomic mass is 35.5. The van der Waals surface area contributed by atoms with E-state index in [1.54, 1.807) is 6.33 Å². The van der Waals surface area contributed by atoms with Crippen LogP contribution in [0.2, 0.25) is 5.15 Å². The van der Waals surface area contributed by atoms with Crippen LogP contribution >= 0.6 is 11.6 Å². The summed E-state index contributed by atoms with van der Waals surface area (Å²) in [5.74, 6) is 0.546. The van der Waals surface area contributed by atoms with Gasteiger partial charge in [0.05, 0.1) is 12.0 Å². The van der Waals surface area contributed by atoms with Crippen LogP contribution in [0.1, 0.15) is 18.0 Å². The quantitative estimate of drug-likeness (QED) is 0.712. The lowest BCUT2D eigenvalue weighted by Gasteiger charge is -2.08. The number of nitrogens with one attached hydrogen (secondary N) is 1. The average molecular weight is 186 g/mol. The van der Waals surface area contributed by atoms with Gasteiger partial charge in [-0.25, -0.2) is 4.98 Å². The molecule has 66 valence electrons. The fraction of sp³-hybridized carbons (Fsp3) is 0.625.